The van der Waals surface area contributed by atoms with Crippen molar-refractivity contribution in [2.45, 2.75) is 13.8 Å². The number of hydrogen-bond acceptors (Lipinski definition) is 4. The van der Waals surface area contributed by atoms with Gasteiger partial charge in [-0.25, -0.2) is 9.18 Å². The van der Waals surface area contributed by atoms with Crippen molar-refractivity contribution in [1.82, 2.24) is 4.90 Å². The molecule has 2 aromatic carbocycles. The van der Waals surface area contributed by atoms with Gasteiger partial charge in [0.25, 0.3) is 5.91 Å². The highest BCUT2D eigenvalue weighted by atomic mass is 79.9. The van der Waals surface area contributed by atoms with Gasteiger partial charge in [-0.3, -0.25) is 9.59 Å². The molecule has 0 aliphatic carbocycles. The molecule has 0 atom stereocenters. The van der Waals surface area contributed by atoms with Crippen molar-refractivity contribution < 1.29 is 23.5 Å². The highest BCUT2D eigenvalue weighted by Gasteiger charge is 2.18. The van der Waals surface area contributed by atoms with E-state index in [1.807, 2.05) is 32.0 Å². The third-order valence-electron chi connectivity index (χ3n) is 4.03. The summed E-state index contributed by atoms with van der Waals surface area (Å²) < 4.78 is 18.3. The number of anilines is 1. The fourth-order valence-corrected chi connectivity index (χ4v) is 2.98. The van der Waals surface area contributed by atoms with Crippen LogP contribution < -0.4 is 5.32 Å². The minimum atomic E-state index is -0.770. The van der Waals surface area contributed by atoms with Gasteiger partial charge in [-0.15, -0.1) is 0 Å². The lowest BCUT2D eigenvalue weighted by molar-refractivity contribution is -0.136. The first-order chi connectivity index (χ1) is 13.2. The van der Waals surface area contributed by atoms with Gasteiger partial charge in [0.2, 0.25) is 5.91 Å². The standard InChI is InChI=1S/C20H20BrFN2O4/c1-12-5-4-6-13(2)19(12)23-17(25)10-24(3)18(26)11-28-20(27)15-8-7-14(22)9-16(15)21/h4-9H,10-11H2,1-3H3,(H,23,25). The molecule has 6 nitrogen and oxygen atoms in total. The Morgan fingerprint density at radius 1 is 1.14 bits per heavy atom. The van der Waals surface area contributed by atoms with Gasteiger partial charge >= 0.3 is 5.97 Å². The van der Waals surface area contributed by atoms with Gasteiger partial charge in [-0.2, -0.15) is 0 Å². The number of hydrogen-bond donors (Lipinski definition) is 1. The fourth-order valence-electron chi connectivity index (χ4n) is 2.46. The highest BCUT2D eigenvalue weighted by molar-refractivity contribution is 9.10. The van der Waals surface area contributed by atoms with Crippen LogP contribution in [0.3, 0.4) is 0 Å². The lowest BCUT2D eigenvalue weighted by atomic mass is 10.1. The highest BCUT2D eigenvalue weighted by Crippen LogP contribution is 2.20. The second kappa shape index (κ2) is 9.45. The maximum atomic E-state index is 13.1. The van der Waals surface area contributed by atoms with Crippen molar-refractivity contribution in [3.63, 3.8) is 0 Å². The van der Waals surface area contributed by atoms with Crippen LogP contribution in [-0.2, 0) is 14.3 Å². The number of likely N-dealkylation sites (N-methyl/N-ethyl adjacent to an activating group) is 1. The summed E-state index contributed by atoms with van der Waals surface area (Å²) in [7, 11) is 1.44. The van der Waals surface area contributed by atoms with Crippen molar-refractivity contribution >= 4 is 39.4 Å². The summed E-state index contributed by atoms with van der Waals surface area (Å²) in [6.07, 6.45) is 0. The summed E-state index contributed by atoms with van der Waals surface area (Å²) in [5.41, 5.74) is 2.65. The van der Waals surface area contributed by atoms with E-state index in [0.717, 1.165) is 28.2 Å². The first-order valence-corrected chi connectivity index (χ1v) is 9.20. The van der Waals surface area contributed by atoms with Gasteiger partial charge in [0, 0.05) is 17.2 Å². The monoisotopic (exact) mass is 450 g/mol. The van der Waals surface area contributed by atoms with Crippen LogP contribution in [0, 0.1) is 19.7 Å². The van der Waals surface area contributed by atoms with Crippen LogP contribution in [0.4, 0.5) is 10.1 Å². The van der Waals surface area contributed by atoms with E-state index in [1.54, 1.807) is 0 Å². The molecule has 0 saturated heterocycles. The average molecular weight is 451 g/mol. The number of amides is 2. The number of nitrogens with one attached hydrogen (secondary N) is 1. The van der Waals surface area contributed by atoms with Crippen LogP contribution in [0.15, 0.2) is 40.9 Å². The number of carbonyl (C=O) groups excluding carboxylic acids is 3. The van der Waals surface area contributed by atoms with Crippen LogP contribution in [0.2, 0.25) is 0 Å². The van der Waals surface area contributed by atoms with E-state index in [4.69, 9.17) is 4.74 Å². The Hall–Kier alpha value is -2.74. The minimum Gasteiger partial charge on any atom is -0.452 e. The molecule has 2 aromatic rings. The molecule has 0 bridgehead atoms. The number of nitrogens with zero attached hydrogens (tertiary/aromatic N) is 1. The molecule has 8 heteroatoms. The molecule has 0 fully saturated rings. The first kappa shape index (κ1) is 21.6. The molecule has 28 heavy (non-hydrogen) atoms. The van der Waals surface area contributed by atoms with E-state index in [9.17, 15) is 18.8 Å². The molecule has 0 heterocycles. The smallest absolute Gasteiger partial charge is 0.339 e. The van der Waals surface area contributed by atoms with Gasteiger partial charge in [-0.1, -0.05) is 18.2 Å². The molecule has 0 aromatic heterocycles. The van der Waals surface area contributed by atoms with Crippen LogP contribution in [0.5, 0.6) is 0 Å². The van der Waals surface area contributed by atoms with Crippen molar-refractivity contribution in [2.24, 2.45) is 0 Å². The summed E-state index contributed by atoms with van der Waals surface area (Å²) in [5.74, 6) is -2.17. The molecule has 0 radical (unpaired) electrons. The van der Waals surface area contributed by atoms with E-state index in [-0.39, 0.29) is 22.5 Å². The number of esters is 1. The van der Waals surface area contributed by atoms with Crippen LogP contribution in [-0.4, -0.2) is 42.9 Å². The molecule has 2 amide bonds. The molecule has 0 aliphatic rings. The topological polar surface area (TPSA) is 75.7 Å². The molecular formula is C20H20BrFN2O4. The largest absolute Gasteiger partial charge is 0.452 e. The van der Waals surface area contributed by atoms with Crippen LogP contribution in [0.25, 0.3) is 0 Å². The van der Waals surface area contributed by atoms with Crippen LogP contribution >= 0.6 is 15.9 Å². The number of carbonyl (C=O) groups is 3. The zero-order valence-corrected chi connectivity index (χ0v) is 17.3. The van der Waals surface area contributed by atoms with Crippen molar-refractivity contribution in [2.75, 3.05) is 25.5 Å². The molecule has 0 unspecified atom stereocenters. The van der Waals surface area contributed by atoms with E-state index < -0.39 is 24.3 Å². The number of aryl methyl sites for hydroxylation is 2. The Morgan fingerprint density at radius 3 is 2.39 bits per heavy atom. The summed E-state index contributed by atoms with van der Waals surface area (Å²) in [6, 6.07) is 9.16. The normalized spacial score (nSPS) is 10.3. The minimum absolute atomic E-state index is 0.102. The summed E-state index contributed by atoms with van der Waals surface area (Å²) in [5, 5.41) is 2.79. The van der Waals surface area contributed by atoms with Crippen molar-refractivity contribution in [3.8, 4) is 0 Å². The lowest BCUT2D eigenvalue weighted by Gasteiger charge is -2.18. The molecule has 2 rings (SSSR count). The number of benzene rings is 2. The molecule has 0 saturated carbocycles. The molecule has 0 aliphatic heterocycles. The summed E-state index contributed by atoms with van der Waals surface area (Å²) in [4.78, 5) is 37.5. The Bertz CT molecular complexity index is 897. The van der Waals surface area contributed by atoms with Crippen LogP contribution in [0.1, 0.15) is 21.5 Å². The van der Waals surface area contributed by atoms with E-state index in [2.05, 4.69) is 21.2 Å². The SMILES string of the molecule is Cc1cccc(C)c1NC(=O)CN(C)C(=O)COC(=O)c1ccc(F)cc1Br. The summed E-state index contributed by atoms with van der Waals surface area (Å²) >= 11 is 3.07. The second-order valence-electron chi connectivity index (χ2n) is 6.27. The zero-order valence-electron chi connectivity index (χ0n) is 15.7. The second-order valence-corrected chi connectivity index (χ2v) is 7.12. The van der Waals surface area contributed by atoms with E-state index in [0.29, 0.717) is 5.69 Å². The van der Waals surface area contributed by atoms with Crippen molar-refractivity contribution in [1.29, 1.82) is 0 Å². The predicted molar refractivity (Wildman–Crippen MR) is 107 cm³/mol. The third kappa shape index (κ3) is 5.63. The maximum absolute atomic E-state index is 13.1. The molecule has 0 spiro atoms. The zero-order chi connectivity index (χ0) is 20.8. The number of ether oxygens (including phenoxy) is 1. The molecule has 1 N–H and O–H groups in total. The predicted octanol–water partition coefficient (Wildman–Crippen LogP) is 3.46. The van der Waals surface area contributed by atoms with E-state index >= 15 is 0 Å². The average Bonchev–Trinajstić information content (AvgIpc) is 2.62. The number of rotatable bonds is 6. The van der Waals surface area contributed by atoms with E-state index in [1.165, 1.54) is 13.1 Å². The van der Waals surface area contributed by atoms with Gasteiger partial charge in [-0.05, 0) is 59.1 Å². The Balaban J connectivity index is 1.88. The third-order valence-corrected chi connectivity index (χ3v) is 4.69. The van der Waals surface area contributed by atoms with Crippen molar-refractivity contribution in [3.05, 3.63) is 63.4 Å². The number of halogens is 2. The fraction of sp³-hybridized carbons (Fsp3) is 0.250. The Kier molecular flexibility index (Phi) is 7.28. The first-order valence-electron chi connectivity index (χ1n) is 8.41. The lowest BCUT2D eigenvalue weighted by Crippen LogP contribution is -2.37. The number of para-hydroxylation sites is 1. The van der Waals surface area contributed by atoms with Gasteiger partial charge < -0.3 is 15.0 Å². The Morgan fingerprint density at radius 2 is 1.79 bits per heavy atom. The van der Waals surface area contributed by atoms with Gasteiger partial charge in [0.15, 0.2) is 6.61 Å². The van der Waals surface area contributed by atoms with Gasteiger partial charge in [0.1, 0.15) is 5.82 Å². The quantitative estimate of drug-likeness (QED) is 0.683. The van der Waals surface area contributed by atoms with Gasteiger partial charge in [0.05, 0.1) is 12.1 Å². The Labute approximate surface area is 170 Å². The summed E-state index contributed by atoms with van der Waals surface area (Å²) in [6.45, 7) is 3.04. The maximum Gasteiger partial charge on any atom is 0.339 e. The molecular weight excluding hydrogens is 431 g/mol. The molecule has 148 valence electrons.